The first-order valence-electron chi connectivity index (χ1n) is 9.23. The van der Waals surface area contributed by atoms with E-state index in [1.165, 1.54) is 10.3 Å². The van der Waals surface area contributed by atoms with E-state index in [0.717, 1.165) is 48.7 Å². The summed E-state index contributed by atoms with van der Waals surface area (Å²) in [5.74, 6) is 0.113. The van der Waals surface area contributed by atoms with Crippen molar-refractivity contribution >= 4 is 38.3 Å². The second-order valence-corrected chi connectivity index (χ2v) is 7.80. The van der Waals surface area contributed by atoms with Gasteiger partial charge in [0.15, 0.2) is 5.13 Å². The van der Waals surface area contributed by atoms with Crippen LogP contribution in [0.3, 0.4) is 0 Å². The first-order chi connectivity index (χ1) is 12.7. The summed E-state index contributed by atoms with van der Waals surface area (Å²) < 4.78 is 1.20. The van der Waals surface area contributed by atoms with Crippen molar-refractivity contribution in [3.63, 3.8) is 0 Å². The number of carbonyl (C=O) groups excluding carboxylic acids is 1. The van der Waals surface area contributed by atoms with E-state index in [2.05, 4.69) is 35.3 Å². The lowest BCUT2D eigenvalue weighted by Crippen LogP contribution is -2.40. The van der Waals surface area contributed by atoms with Crippen LogP contribution in [0.2, 0.25) is 0 Å². The number of nitrogens with zero attached hydrogens (tertiary/aromatic N) is 2. The van der Waals surface area contributed by atoms with Gasteiger partial charge in [0.05, 0.1) is 16.1 Å². The van der Waals surface area contributed by atoms with E-state index in [4.69, 9.17) is 4.98 Å². The normalized spacial score (nSPS) is 17.4. The zero-order chi connectivity index (χ0) is 17.9. The van der Waals surface area contributed by atoms with Crippen LogP contribution in [0.4, 0.5) is 10.8 Å². The van der Waals surface area contributed by atoms with Crippen molar-refractivity contribution in [2.75, 3.05) is 23.3 Å². The van der Waals surface area contributed by atoms with Gasteiger partial charge in [0, 0.05) is 18.8 Å². The zero-order valence-electron chi connectivity index (χ0n) is 14.9. The maximum atomic E-state index is 12.7. The highest BCUT2D eigenvalue weighted by atomic mass is 32.1. The molecule has 1 amide bonds. The molecule has 1 fully saturated rings. The first-order valence-corrected chi connectivity index (χ1v) is 10.0. The quantitative estimate of drug-likeness (QED) is 0.728. The molecule has 2 aromatic carbocycles. The van der Waals surface area contributed by atoms with E-state index >= 15 is 0 Å². The Balaban J connectivity index is 1.44. The highest BCUT2D eigenvalue weighted by Crippen LogP contribution is 2.31. The number of anilines is 2. The Kier molecular flexibility index (Phi) is 4.89. The Hall–Kier alpha value is -2.40. The van der Waals surface area contributed by atoms with Gasteiger partial charge in [-0.2, -0.15) is 0 Å². The second kappa shape index (κ2) is 7.46. The number of fused-ring (bicyclic) bond motifs is 1. The number of rotatable bonds is 4. The molecule has 5 heteroatoms. The largest absolute Gasteiger partial charge is 0.347 e. The van der Waals surface area contributed by atoms with E-state index in [1.54, 1.807) is 11.3 Å². The van der Waals surface area contributed by atoms with Gasteiger partial charge in [0.25, 0.3) is 0 Å². The Morgan fingerprint density at radius 1 is 1.23 bits per heavy atom. The van der Waals surface area contributed by atoms with Crippen molar-refractivity contribution in [2.45, 2.75) is 26.2 Å². The SMILES string of the molecule is CCc1ccc(NC(=O)C2CCCN(c3nc4ccccc4s3)C2)cc1. The number of thiazole rings is 1. The summed E-state index contributed by atoms with van der Waals surface area (Å²) in [5, 5.41) is 4.10. The molecule has 134 valence electrons. The van der Waals surface area contributed by atoms with Crippen LogP contribution in [0.5, 0.6) is 0 Å². The molecule has 2 heterocycles. The van der Waals surface area contributed by atoms with Crippen LogP contribution in [0.1, 0.15) is 25.3 Å². The molecule has 0 spiro atoms. The predicted molar refractivity (Wildman–Crippen MR) is 109 cm³/mol. The lowest BCUT2D eigenvalue weighted by atomic mass is 9.97. The summed E-state index contributed by atoms with van der Waals surface area (Å²) in [6.45, 7) is 3.83. The second-order valence-electron chi connectivity index (χ2n) is 6.79. The van der Waals surface area contributed by atoms with Gasteiger partial charge < -0.3 is 10.2 Å². The molecule has 3 aromatic rings. The minimum Gasteiger partial charge on any atom is -0.347 e. The topological polar surface area (TPSA) is 45.2 Å². The molecule has 0 saturated carbocycles. The fraction of sp³-hybridized carbons (Fsp3) is 0.333. The molecule has 1 atom stereocenters. The predicted octanol–water partition coefficient (Wildman–Crippen LogP) is 4.71. The van der Waals surface area contributed by atoms with Crippen LogP contribution in [-0.4, -0.2) is 24.0 Å². The Bertz CT molecular complexity index is 870. The number of para-hydroxylation sites is 1. The molecule has 1 unspecified atom stereocenters. The molecule has 1 N–H and O–H groups in total. The average molecular weight is 366 g/mol. The Morgan fingerprint density at radius 3 is 2.81 bits per heavy atom. The van der Waals surface area contributed by atoms with E-state index in [-0.39, 0.29) is 11.8 Å². The number of hydrogen-bond donors (Lipinski definition) is 1. The summed E-state index contributed by atoms with van der Waals surface area (Å²) in [6, 6.07) is 16.3. The summed E-state index contributed by atoms with van der Waals surface area (Å²) in [7, 11) is 0. The van der Waals surface area contributed by atoms with E-state index in [0.29, 0.717) is 0 Å². The van der Waals surface area contributed by atoms with Gasteiger partial charge in [-0.1, -0.05) is 42.5 Å². The van der Waals surface area contributed by atoms with E-state index < -0.39 is 0 Å². The Labute approximate surface area is 157 Å². The van der Waals surface area contributed by atoms with Gasteiger partial charge in [0.1, 0.15) is 0 Å². The van der Waals surface area contributed by atoms with Gasteiger partial charge >= 0.3 is 0 Å². The highest BCUT2D eigenvalue weighted by molar-refractivity contribution is 7.22. The number of hydrogen-bond acceptors (Lipinski definition) is 4. The van der Waals surface area contributed by atoms with Gasteiger partial charge in [0.2, 0.25) is 5.91 Å². The van der Waals surface area contributed by atoms with Crippen molar-refractivity contribution in [3.8, 4) is 0 Å². The molecule has 26 heavy (non-hydrogen) atoms. The molecular formula is C21H23N3OS. The van der Waals surface area contributed by atoms with Crippen molar-refractivity contribution in [1.29, 1.82) is 0 Å². The smallest absolute Gasteiger partial charge is 0.229 e. The lowest BCUT2D eigenvalue weighted by Gasteiger charge is -2.31. The molecule has 1 aliphatic heterocycles. The molecular weight excluding hydrogens is 342 g/mol. The number of nitrogens with one attached hydrogen (secondary N) is 1. The van der Waals surface area contributed by atoms with Crippen LogP contribution in [0.15, 0.2) is 48.5 Å². The average Bonchev–Trinajstić information content (AvgIpc) is 3.13. The third kappa shape index (κ3) is 3.58. The van der Waals surface area contributed by atoms with Crippen molar-refractivity contribution < 1.29 is 4.79 Å². The number of aromatic nitrogens is 1. The summed E-state index contributed by atoms with van der Waals surface area (Å²) in [4.78, 5) is 19.7. The summed E-state index contributed by atoms with van der Waals surface area (Å²) in [5.41, 5.74) is 3.20. The number of piperidine rings is 1. The standard InChI is InChI=1S/C21H23N3OS/c1-2-15-9-11-17(12-10-15)22-20(25)16-6-5-13-24(14-16)21-23-18-7-3-4-8-19(18)26-21/h3-4,7-12,16H,2,5-6,13-14H2,1H3,(H,22,25). The van der Waals surface area contributed by atoms with E-state index in [1.807, 2.05) is 30.3 Å². The minimum absolute atomic E-state index is 0.00149. The highest BCUT2D eigenvalue weighted by Gasteiger charge is 2.27. The number of carbonyl (C=O) groups is 1. The van der Waals surface area contributed by atoms with Gasteiger partial charge in [-0.3, -0.25) is 4.79 Å². The van der Waals surface area contributed by atoms with Gasteiger partial charge in [-0.05, 0) is 49.1 Å². The van der Waals surface area contributed by atoms with E-state index in [9.17, 15) is 4.79 Å². The molecule has 4 rings (SSSR count). The molecule has 4 nitrogen and oxygen atoms in total. The molecule has 1 aliphatic rings. The fourth-order valence-corrected chi connectivity index (χ4v) is 4.43. The molecule has 0 aliphatic carbocycles. The third-order valence-corrected chi connectivity index (χ3v) is 6.07. The fourth-order valence-electron chi connectivity index (χ4n) is 3.43. The van der Waals surface area contributed by atoms with Crippen LogP contribution >= 0.6 is 11.3 Å². The zero-order valence-corrected chi connectivity index (χ0v) is 15.8. The first kappa shape index (κ1) is 17.0. The van der Waals surface area contributed by atoms with Crippen molar-refractivity contribution in [3.05, 3.63) is 54.1 Å². The van der Waals surface area contributed by atoms with Crippen molar-refractivity contribution in [1.82, 2.24) is 4.98 Å². The molecule has 0 radical (unpaired) electrons. The lowest BCUT2D eigenvalue weighted by molar-refractivity contribution is -0.120. The molecule has 0 bridgehead atoms. The monoisotopic (exact) mass is 365 g/mol. The maximum absolute atomic E-state index is 12.7. The van der Waals surface area contributed by atoms with Crippen LogP contribution in [0, 0.1) is 5.92 Å². The maximum Gasteiger partial charge on any atom is 0.229 e. The molecule has 1 aromatic heterocycles. The Morgan fingerprint density at radius 2 is 2.04 bits per heavy atom. The van der Waals surface area contributed by atoms with Crippen LogP contribution in [0.25, 0.3) is 10.2 Å². The van der Waals surface area contributed by atoms with Gasteiger partial charge in [-0.25, -0.2) is 4.98 Å². The molecule has 1 saturated heterocycles. The number of aryl methyl sites for hydroxylation is 1. The van der Waals surface area contributed by atoms with Crippen molar-refractivity contribution in [2.24, 2.45) is 5.92 Å². The summed E-state index contributed by atoms with van der Waals surface area (Å²) in [6.07, 6.45) is 2.96. The third-order valence-electron chi connectivity index (χ3n) is 4.98. The number of amides is 1. The summed E-state index contributed by atoms with van der Waals surface area (Å²) >= 11 is 1.71. The minimum atomic E-state index is 0.00149. The van der Waals surface area contributed by atoms with Crippen LogP contribution in [-0.2, 0) is 11.2 Å². The van der Waals surface area contributed by atoms with Crippen LogP contribution < -0.4 is 10.2 Å². The van der Waals surface area contributed by atoms with Gasteiger partial charge in [-0.15, -0.1) is 0 Å². The number of benzene rings is 2.